The van der Waals surface area contributed by atoms with E-state index in [-0.39, 0.29) is 24.7 Å². The Bertz CT molecular complexity index is 550. The number of hydrogen-bond acceptors (Lipinski definition) is 3. The molecule has 0 radical (unpaired) electrons. The van der Waals surface area contributed by atoms with Crippen LogP contribution in [0.4, 0.5) is 5.69 Å². The van der Waals surface area contributed by atoms with Crippen molar-refractivity contribution in [1.29, 1.82) is 0 Å². The molecule has 2 amide bonds. The number of carboxylic acids is 1. The van der Waals surface area contributed by atoms with Crippen molar-refractivity contribution in [2.24, 2.45) is 0 Å². The quantitative estimate of drug-likeness (QED) is 0.864. The van der Waals surface area contributed by atoms with Gasteiger partial charge in [-0.05, 0) is 31.0 Å². The highest BCUT2D eigenvalue weighted by Gasteiger charge is 2.19. The number of nitrogens with zero attached hydrogens (tertiary/aromatic N) is 1. The van der Waals surface area contributed by atoms with Crippen molar-refractivity contribution in [2.75, 3.05) is 18.4 Å². The normalized spacial score (nSPS) is 14.0. The van der Waals surface area contributed by atoms with E-state index in [0.717, 1.165) is 25.9 Å². The lowest BCUT2D eigenvalue weighted by molar-refractivity contribution is -0.138. The summed E-state index contributed by atoms with van der Waals surface area (Å²) in [7, 11) is 0. The van der Waals surface area contributed by atoms with Gasteiger partial charge < -0.3 is 15.3 Å². The minimum absolute atomic E-state index is 0.0332. The van der Waals surface area contributed by atoms with Crippen LogP contribution in [0.2, 0.25) is 0 Å². The summed E-state index contributed by atoms with van der Waals surface area (Å²) in [6, 6.07) is 6.72. The van der Waals surface area contributed by atoms with Gasteiger partial charge in [0.1, 0.15) is 0 Å². The molecule has 0 aromatic heterocycles. The van der Waals surface area contributed by atoms with Crippen molar-refractivity contribution in [3.63, 3.8) is 0 Å². The monoisotopic (exact) mass is 290 g/mol. The molecule has 2 rings (SSSR count). The highest BCUT2D eigenvalue weighted by atomic mass is 16.4. The maximum atomic E-state index is 12.2. The molecule has 21 heavy (non-hydrogen) atoms. The number of benzene rings is 1. The summed E-state index contributed by atoms with van der Waals surface area (Å²) in [5.41, 5.74) is 1.04. The second-order valence-corrected chi connectivity index (χ2v) is 5.02. The summed E-state index contributed by atoms with van der Waals surface area (Å²) in [6.07, 6.45) is 1.76. The van der Waals surface area contributed by atoms with Crippen LogP contribution < -0.4 is 5.32 Å². The van der Waals surface area contributed by atoms with E-state index in [1.807, 2.05) is 0 Å². The molecule has 112 valence electrons. The van der Waals surface area contributed by atoms with Gasteiger partial charge in [0.2, 0.25) is 5.91 Å². The van der Waals surface area contributed by atoms with Crippen molar-refractivity contribution in [1.82, 2.24) is 4.90 Å². The lowest BCUT2D eigenvalue weighted by Crippen LogP contribution is -2.27. The summed E-state index contributed by atoms with van der Waals surface area (Å²) >= 11 is 0. The smallest absolute Gasteiger partial charge is 0.303 e. The van der Waals surface area contributed by atoms with Crippen LogP contribution in [0.25, 0.3) is 0 Å². The van der Waals surface area contributed by atoms with Crippen molar-refractivity contribution >= 4 is 23.5 Å². The Labute approximate surface area is 122 Å². The second kappa shape index (κ2) is 6.88. The fourth-order valence-corrected chi connectivity index (χ4v) is 2.28. The minimum Gasteiger partial charge on any atom is -0.481 e. The molecule has 0 aliphatic carbocycles. The molecular weight excluding hydrogens is 272 g/mol. The molecule has 0 atom stereocenters. The first kappa shape index (κ1) is 15.0. The molecule has 1 aliphatic rings. The second-order valence-electron chi connectivity index (χ2n) is 5.02. The zero-order valence-corrected chi connectivity index (χ0v) is 11.7. The van der Waals surface area contributed by atoms with Gasteiger partial charge in [-0.25, -0.2) is 0 Å². The van der Waals surface area contributed by atoms with Gasteiger partial charge in [0, 0.05) is 30.8 Å². The molecule has 1 aromatic rings. The molecule has 1 heterocycles. The maximum absolute atomic E-state index is 12.2. The standard InChI is InChI=1S/C15H18N2O4/c18-13(6-7-14(19)20)16-12-5-3-4-11(10-12)15(21)17-8-1-2-9-17/h3-5,10H,1-2,6-9H2,(H,16,18)(H,19,20). The molecular formula is C15H18N2O4. The number of nitrogens with one attached hydrogen (secondary N) is 1. The van der Waals surface area contributed by atoms with Crippen LogP contribution in [0.5, 0.6) is 0 Å². The molecule has 0 unspecified atom stereocenters. The summed E-state index contributed by atoms with van der Waals surface area (Å²) in [5.74, 6) is -1.42. The Balaban J connectivity index is 1.98. The van der Waals surface area contributed by atoms with Gasteiger partial charge >= 0.3 is 5.97 Å². The fourth-order valence-electron chi connectivity index (χ4n) is 2.28. The third-order valence-corrected chi connectivity index (χ3v) is 3.35. The number of rotatable bonds is 5. The predicted molar refractivity (Wildman–Crippen MR) is 77.1 cm³/mol. The Kier molecular flexibility index (Phi) is 4.92. The number of carboxylic acid groups (broad SMARTS) is 1. The number of likely N-dealkylation sites (tertiary alicyclic amines) is 1. The molecule has 1 fully saturated rings. The third kappa shape index (κ3) is 4.30. The van der Waals surface area contributed by atoms with E-state index in [0.29, 0.717) is 11.3 Å². The number of carbonyl (C=O) groups excluding carboxylic acids is 2. The van der Waals surface area contributed by atoms with Crippen LogP contribution in [0, 0.1) is 0 Å². The Morgan fingerprint density at radius 2 is 1.86 bits per heavy atom. The molecule has 2 N–H and O–H groups in total. The molecule has 1 saturated heterocycles. The number of amides is 2. The largest absolute Gasteiger partial charge is 0.481 e. The van der Waals surface area contributed by atoms with E-state index in [9.17, 15) is 14.4 Å². The minimum atomic E-state index is -1.01. The van der Waals surface area contributed by atoms with Crippen LogP contribution in [-0.4, -0.2) is 40.9 Å². The Morgan fingerprint density at radius 1 is 1.14 bits per heavy atom. The summed E-state index contributed by atoms with van der Waals surface area (Å²) in [4.78, 5) is 36.0. The van der Waals surface area contributed by atoms with Crippen molar-refractivity contribution in [3.05, 3.63) is 29.8 Å². The van der Waals surface area contributed by atoms with Gasteiger partial charge in [0.05, 0.1) is 6.42 Å². The Morgan fingerprint density at radius 3 is 2.52 bits per heavy atom. The average Bonchev–Trinajstić information content (AvgIpc) is 2.99. The third-order valence-electron chi connectivity index (χ3n) is 3.35. The zero-order valence-electron chi connectivity index (χ0n) is 11.7. The Hall–Kier alpha value is -2.37. The number of anilines is 1. The highest BCUT2D eigenvalue weighted by molar-refractivity contribution is 5.97. The fraction of sp³-hybridized carbons (Fsp3) is 0.400. The van der Waals surface area contributed by atoms with E-state index < -0.39 is 5.97 Å². The van der Waals surface area contributed by atoms with Crippen molar-refractivity contribution in [2.45, 2.75) is 25.7 Å². The highest BCUT2D eigenvalue weighted by Crippen LogP contribution is 2.16. The zero-order chi connectivity index (χ0) is 15.2. The topological polar surface area (TPSA) is 86.7 Å². The molecule has 6 heteroatoms. The van der Waals surface area contributed by atoms with Gasteiger partial charge in [-0.3, -0.25) is 14.4 Å². The van der Waals surface area contributed by atoms with Gasteiger partial charge in [0.25, 0.3) is 5.91 Å². The molecule has 6 nitrogen and oxygen atoms in total. The summed E-state index contributed by atoms with van der Waals surface area (Å²) in [6.45, 7) is 1.54. The first-order valence-electron chi connectivity index (χ1n) is 6.97. The van der Waals surface area contributed by atoms with Gasteiger partial charge in [-0.1, -0.05) is 6.07 Å². The lowest BCUT2D eigenvalue weighted by atomic mass is 10.1. The molecule has 0 saturated carbocycles. The van der Waals surface area contributed by atoms with E-state index >= 15 is 0 Å². The van der Waals surface area contributed by atoms with E-state index in [2.05, 4.69) is 5.32 Å². The molecule has 1 aliphatic heterocycles. The first-order valence-corrected chi connectivity index (χ1v) is 6.97. The molecule has 1 aromatic carbocycles. The van der Waals surface area contributed by atoms with Gasteiger partial charge in [0.15, 0.2) is 0 Å². The molecule has 0 bridgehead atoms. The number of aliphatic carboxylic acids is 1. The first-order chi connectivity index (χ1) is 10.1. The SMILES string of the molecule is O=C(O)CCC(=O)Nc1cccc(C(=O)N2CCCC2)c1. The van der Waals surface area contributed by atoms with E-state index in [4.69, 9.17) is 5.11 Å². The van der Waals surface area contributed by atoms with Crippen LogP contribution in [0.15, 0.2) is 24.3 Å². The maximum Gasteiger partial charge on any atom is 0.303 e. The van der Waals surface area contributed by atoms with Crippen molar-refractivity contribution < 1.29 is 19.5 Å². The van der Waals surface area contributed by atoms with E-state index in [1.165, 1.54) is 0 Å². The van der Waals surface area contributed by atoms with Crippen LogP contribution in [0.1, 0.15) is 36.0 Å². The lowest BCUT2D eigenvalue weighted by Gasteiger charge is -2.15. The summed E-state index contributed by atoms with van der Waals surface area (Å²) < 4.78 is 0. The van der Waals surface area contributed by atoms with Crippen LogP contribution in [-0.2, 0) is 9.59 Å². The van der Waals surface area contributed by atoms with Gasteiger partial charge in [-0.15, -0.1) is 0 Å². The average molecular weight is 290 g/mol. The predicted octanol–water partition coefficient (Wildman–Crippen LogP) is 1.73. The number of hydrogen-bond donors (Lipinski definition) is 2. The van der Waals surface area contributed by atoms with Crippen molar-refractivity contribution in [3.8, 4) is 0 Å². The van der Waals surface area contributed by atoms with Crippen LogP contribution in [0.3, 0.4) is 0 Å². The molecule has 0 spiro atoms. The van der Waals surface area contributed by atoms with E-state index in [1.54, 1.807) is 29.2 Å². The summed E-state index contributed by atoms with van der Waals surface area (Å²) in [5, 5.41) is 11.1. The van der Waals surface area contributed by atoms with Crippen LogP contribution >= 0.6 is 0 Å². The number of carbonyl (C=O) groups is 3. The van der Waals surface area contributed by atoms with Gasteiger partial charge in [-0.2, -0.15) is 0 Å².